The maximum absolute atomic E-state index is 5.69. The van der Waals surface area contributed by atoms with Gasteiger partial charge < -0.3 is 15.4 Å². The minimum atomic E-state index is 0.451. The Morgan fingerprint density at radius 1 is 1.14 bits per heavy atom. The van der Waals surface area contributed by atoms with Crippen LogP contribution in [-0.2, 0) is 0 Å². The van der Waals surface area contributed by atoms with E-state index in [9.17, 15) is 0 Å². The molecular formula is C19H26N2O. The van der Waals surface area contributed by atoms with Gasteiger partial charge in [0.2, 0.25) is 0 Å². The van der Waals surface area contributed by atoms with Gasteiger partial charge in [0.15, 0.2) is 0 Å². The number of anilines is 1. The SMILES string of the molecule is COc1ccc(C(C)CCN)cc1-c1cccc(N(C)C)c1. The average molecular weight is 298 g/mol. The molecule has 0 radical (unpaired) electrons. The zero-order chi connectivity index (χ0) is 16.1. The number of rotatable bonds is 6. The number of hydrogen-bond acceptors (Lipinski definition) is 3. The van der Waals surface area contributed by atoms with Gasteiger partial charge in [-0.25, -0.2) is 0 Å². The zero-order valence-electron chi connectivity index (χ0n) is 14.0. The topological polar surface area (TPSA) is 38.5 Å². The van der Waals surface area contributed by atoms with E-state index in [2.05, 4.69) is 68.4 Å². The number of benzene rings is 2. The summed E-state index contributed by atoms with van der Waals surface area (Å²) in [6.45, 7) is 2.92. The van der Waals surface area contributed by atoms with Crippen LogP contribution in [0.1, 0.15) is 24.8 Å². The number of methoxy groups -OCH3 is 1. The van der Waals surface area contributed by atoms with E-state index in [4.69, 9.17) is 10.5 Å². The first-order chi connectivity index (χ1) is 10.6. The lowest BCUT2D eigenvalue weighted by atomic mass is 9.93. The summed E-state index contributed by atoms with van der Waals surface area (Å²) in [4.78, 5) is 2.11. The second kappa shape index (κ2) is 7.32. The monoisotopic (exact) mass is 298 g/mol. The first-order valence-electron chi connectivity index (χ1n) is 7.72. The van der Waals surface area contributed by atoms with Crippen LogP contribution in [0, 0.1) is 0 Å². The second-order valence-corrected chi connectivity index (χ2v) is 5.88. The number of nitrogens with two attached hydrogens (primary N) is 1. The quantitative estimate of drug-likeness (QED) is 0.879. The van der Waals surface area contributed by atoms with E-state index in [1.807, 2.05) is 0 Å². The van der Waals surface area contributed by atoms with Gasteiger partial charge >= 0.3 is 0 Å². The lowest BCUT2D eigenvalue weighted by Crippen LogP contribution is -2.08. The van der Waals surface area contributed by atoms with Crippen molar-refractivity contribution in [2.45, 2.75) is 19.3 Å². The molecule has 0 aliphatic heterocycles. The van der Waals surface area contributed by atoms with Crippen molar-refractivity contribution in [3.05, 3.63) is 48.0 Å². The molecule has 2 rings (SSSR count). The largest absolute Gasteiger partial charge is 0.496 e. The Bertz CT molecular complexity index is 623. The van der Waals surface area contributed by atoms with Crippen molar-refractivity contribution in [2.75, 3.05) is 32.6 Å². The van der Waals surface area contributed by atoms with Crippen LogP contribution in [0.25, 0.3) is 11.1 Å². The fraction of sp³-hybridized carbons (Fsp3) is 0.368. The molecule has 0 saturated heterocycles. The molecule has 0 saturated carbocycles. The second-order valence-electron chi connectivity index (χ2n) is 5.88. The van der Waals surface area contributed by atoms with Crippen molar-refractivity contribution in [2.24, 2.45) is 5.73 Å². The highest BCUT2D eigenvalue weighted by Gasteiger charge is 2.11. The van der Waals surface area contributed by atoms with Crippen LogP contribution in [0.15, 0.2) is 42.5 Å². The van der Waals surface area contributed by atoms with Crippen LogP contribution in [-0.4, -0.2) is 27.7 Å². The number of ether oxygens (including phenoxy) is 1. The molecule has 3 nitrogen and oxygen atoms in total. The molecule has 3 heteroatoms. The van der Waals surface area contributed by atoms with Crippen LogP contribution >= 0.6 is 0 Å². The van der Waals surface area contributed by atoms with E-state index in [0.29, 0.717) is 12.5 Å². The summed E-state index contributed by atoms with van der Waals surface area (Å²) in [5.41, 5.74) is 10.5. The van der Waals surface area contributed by atoms with E-state index in [0.717, 1.165) is 17.7 Å². The highest BCUT2D eigenvalue weighted by molar-refractivity contribution is 5.74. The predicted octanol–water partition coefficient (Wildman–Crippen LogP) is 3.88. The van der Waals surface area contributed by atoms with Gasteiger partial charge in [-0.05, 0) is 54.3 Å². The van der Waals surface area contributed by atoms with E-state index in [1.54, 1.807) is 7.11 Å². The van der Waals surface area contributed by atoms with Gasteiger partial charge in [-0.15, -0.1) is 0 Å². The highest BCUT2D eigenvalue weighted by atomic mass is 16.5. The summed E-state index contributed by atoms with van der Waals surface area (Å²) < 4.78 is 5.56. The molecule has 118 valence electrons. The Morgan fingerprint density at radius 3 is 2.55 bits per heavy atom. The van der Waals surface area contributed by atoms with E-state index in [-0.39, 0.29) is 0 Å². The Morgan fingerprint density at radius 2 is 1.91 bits per heavy atom. The van der Waals surface area contributed by atoms with Crippen LogP contribution in [0.5, 0.6) is 5.75 Å². The zero-order valence-corrected chi connectivity index (χ0v) is 14.0. The minimum Gasteiger partial charge on any atom is -0.496 e. The lowest BCUT2D eigenvalue weighted by molar-refractivity contribution is 0.416. The summed E-state index contributed by atoms with van der Waals surface area (Å²) in [7, 11) is 5.82. The molecule has 2 N–H and O–H groups in total. The lowest BCUT2D eigenvalue weighted by Gasteiger charge is -2.17. The Balaban J connectivity index is 2.47. The van der Waals surface area contributed by atoms with Crippen molar-refractivity contribution in [3.8, 4) is 16.9 Å². The normalized spacial score (nSPS) is 12.0. The first-order valence-corrected chi connectivity index (χ1v) is 7.72. The van der Waals surface area contributed by atoms with Crippen LogP contribution in [0.4, 0.5) is 5.69 Å². The Hall–Kier alpha value is -2.00. The van der Waals surface area contributed by atoms with Crippen LogP contribution < -0.4 is 15.4 Å². The summed E-state index contributed by atoms with van der Waals surface area (Å²) >= 11 is 0. The Labute approximate surface area is 133 Å². The van der Waals surface area contributed by atoms with E-state index in [1.165, 1.54) is 16.8 Å². The molecule has 0 bridgehead atoms. The molecule has 0 fully saturated rings. The smallest absolute Gasteiger partial charge is 0.126 e. The Kier molecular flexibility index (Phi) is 5.45. The molecule has 1 unspecified atom stereocenters. The molecule has 0 aliphatic carbocycles. The molecule has 2 aromatic rings. The van der Waals surface area contributed by atoms with Crippen molar-refractivity contribution in [1.82, 2.24) is 0 Å². The predicted molar refractivity (Wildman–Crippen MR) is 94.8 cm³/mol. The van der Waals surface area contributed by atoms with Gasteiger partial charge in [0, 0.05) is 25.3 Å². The van der Waals surface area contributed by atoms with Crippen LogP contribution in [0.3, 0.4) is 0 Å². The van der Waals surface area contributed by atoms with Gasteiger partial charge in [0.25, 0.3) is 0 Å². The third-order valence-corrected chi connectivity index (χ3v) is 4.07. The summed E-state index contributed by atoms with van der Waals surface area (Å²) in [6, 6.07) is 14.9. The summed E-state index contributed by atoms with van der Waals surface area (Å²) in [5, 5.41) is 0. The molecule has 0 aliphatic rings. The molecule has 0 amide bonds. The van der Waals surface area contributed by atoms with Gasteiger partial charge in [-0.1, -0.05) is 25.1 Å². The molecule has 22 heavy (non-hydrogen) atoms. The van der Waals surface area contributed by atoms with Crippen molar-refractivity contribution < 1.29 is 4.74 Å². The van der Waals surface area contributed by atoms with Crippen molar-refractivity contribution >= 4 is 5.69 Å². The maximum atomic E-state index is 5.69. The van der Waals surface area contributed by atoms with Gasteiger partial charge in [0.1, 0.15) is 5.75 Å². The molecule has 1 atom stereocenters. The third-order valence-electron chi connectivity index (χ3n) is 4.07. The van der Waals surface area contributed by atoms with Gasteiger partial charge in [-0.3, -0.25) is 0 Å². The van der Waals surface area contributed by atoms with E-state index < -0.39 is 0 Å². The molecule has 0 heterocycles. The summed E-state index contributed by atoms with van der Waals surface area (Å²) in [5.74, 6) is 1.35. The minimum absolute atomic E-state index is 0.451. The molecule has 0 spiro atoms. The first kappa shape index (κ1) is 16.4. The van der Waals surface area contributed by atoms with E-state index >= 15 is 0 Å². The number of nitrogens with zero attached hydrogens (tertiary/aromatic N) is 1. The third kappa shape index (κ3) is 3.60. The van der Waals surface area contributed by atoms with Crippen LogP contribution in [0.2, 0.25) is 0 Å². The van der Waals surface area contributed by atoms with Crippen molar-refractivity contribution in [3.63, 3.8) is 0 Å². The fourth-order valence-corrected chi connectivity index (χ4v) is 2.63. The van der Waals surface area contributed by atoms with Gasteiger partial charge in [0.05, 0.1) is 7.11 Å². The maximum Gasteiger partial charge on any atom is 0.126 e. The number of hydrogen-bond donors (Lipinski definition) is 1. The molecule has 0 aromatic heterocycles. The average Bonchev–Trinajstić information content (AvgIpc) is 2.54. The summed E-state index contributed by atoms with van der Waals surface area (Å²) in [6.07, 6.45) is 0.990. The van der Waals surface area contributed by atoms with Gasteiger partial charge in [-0.2, -0.15) is 0 Å². The molecular weight excluding hydrogens is 272 g/mol. The van der Waals surface area contributed by atoms with Crippen molar-refractivity contribution in [1.29, 1.82) is 0 Å². The standard InChI is InChI=1S/C19H26N2O/c1-14(10-11-20)15-8-9-19(22-4)18(13-15)16-6-5-7-17(12-16)21(2)3/h5-9,12-14H,10-11,20H2,1-4H3. The molecule has 2 aromatic carbocycles. The highest BCUT2D eigenvalue weighted by Crippen LogP contribution is 2.35. The fourth-order valence-electron chi connectivity index (χ4n) is 2.63.